The fraction of sp³-hybridized carbons (Fsp3) is 0.308. The number of halogens is 2. The number of nitrogens with zero attached hydrogens (tertiary/aromatic N) is 2. The maximum Gasteiger partial charge on any atom is 0.155 e. The van der Waals surface area contributed by atoms with E-state index in [2.05, 4.69) is 4.98 Å². The lowest BCUT2D eigenvalue weighted by molar-refractivity contribution is 0.618. The van der Waals surface area contributed by atoms with Crippen molar-refractivity contribution in [2.24, 2.45) is 12.8 Å². The van der Waals surface area contributed by atoms with Crippen LogP contribution in [-0.2, 0) is 13.5 Å². The van der Waals surface area contributed by atoms with Crippen molar-refractivity contribution >= 4 is 11.6 Å². The van der Waals surface area contributed by atoms with Gasteiger partial charge in [-0.15, -0.1) is 0 Å². The summed E-state index contributed by atoms with van der Waals surface area (Å²) in [5.74, 6) is 0.610. The van der Waals surface area contributed by atoms with Crippen molar-refractivity contribution in [3.05, 3.63) is 40.6 Å². The molecule has 96 valence electrons. The SMILES string of the molecule is Cc1cc(-c2c(Cl)nc(CCN)n2C)ccc1F. The summed E-state index contributed by atoms with van der Waals surface area (Å²) in [4.78, 5) is 4.28. The average molecular weight is 268 g/mol. The lowest BCUT2D eigenvalue weighted by Gasteiger charge is -2.07. The highest BCUT2D eigenvalue weighted by Crippen LogP contribution is 2.29. The minimum atomic E-state index is -0.223. The molecule has 0 saturated heterocycles. The third kappa shape index (κ3) is 2.26. The zero-order valence-electron chi connectivity index (χ0n) is 10.4. The Hall–Kier alpha value is -1.39. The van der Waals surface area contributed by atoms with Gasteiger partial charge in [0.1, 0.15) is 11.6 Å². The highest BCUT2D eigenvalue weighted by molar-refractivity contribution is 6.32. The van der Waals surface area contributed by atoms with Crippen molar-refractivity contribution < 1.29 is 4.39 Å². The van der Waals surface area contributed by atoms with Gasteiger partial charge in [-0.3, -0.25) is 0 Å². The lowest BCUT2D eigenvalue weighted by Crippen LogP contribution is -2.08. The van der Waals surface area contributed by atoms with Gasteiger partial charge < -0.3 is 10.3 Å². The third-order valence-corrected chi connectivity index (χ3v) is 3.21. The van der Waals surface area contributed by atoms with Gasteiger partial charge >= 0.3 is 0 Å². The summed E-state index contributed by atoms with van der Waals surface area (Å²) < 4.78 is 15.2. The van der Waals surface area contributed by atoms with Crippen LogP contribution in [0.3, 0.4) is 0 Å². The Bertz CT molecular complexity index is 578. The maximum atomic E-state index is 13.3. The molecule has 0 aliphatic carbocycles. The summed E-state index contributed by atoms with van der Waals surface area (Å²) in [6, 6.07) is 4.92. The molecule has 1 heterocycles. The van der Waals surface area contributed by atoms with Crippen LogP contribution in [0.4, 0.5) is 4.39 Å². The predicted octanol–water partition coefficient (Wildman–Crippen LogP) is 2.69. The normalized spacial score (nSPS) is 10.9. The molecule has 2 N–H and O–H groups in total. The molecule has 0 fully saturated rings. The van der Waals surface area contributed by atoms with E-state index in [-0.39, 0.29) is 5.82 Å². The van der Waals surface area contributed by atoms with Crippen LogP contribution in [-0.4, -0.2) is 16.1 Å². The smallest absolute Gasteiger partial charge is 0.155 e. The lowest BCUT2D eigenvalue weighted by atomic mass is 10.1. The molecule has 1 aromatic carbocycles. The number of hydrogen-bond acceptors (Lipinski definition) is 2. The zero-order chi connectivity index (χ0) is 13.3. The van der Waals surface area contributed by atoms with Gasteiger partial charge in [-0.1, -0.05) is 11.6 Å². The number of aryl methyl sites for hydroxylation is 1. The van der Waals surface area contributed by atoms with Gasteiger partial charge in [-0.25, -0.2) is 9.37 Å². The molecule has 0 radical (unpaired) electrons. The quantitative estimate of drug-likeness (QED) is 0.929. The van der Waals surface area contributed by atoms with Crippen LogP contribution in [0.1, 0.15) is 11.4 Å². The summed E-state index contributed by atoms with van der Waals surface area (Å²) in [5, 5.41) is 0.423. The predicted molar refractivity (Wildman–Crippen MR) is 71.1 cm³/mol. The monoisotopic (exact) mass is 267 g/mol. The number of nitrogens with two attached hydrogens (primary N) is 1. The van der Waals surface area contributed by atoms with Crippen LogP contribution in [0.2, 0.25) is 5.15 Å². The van der Waals surface area contributed by atoms with Gasteiger partial charge in [-0.05, 0) is 37.2 Å². The number of imidazole rings is 1. The highest BCUT2D eigenvalue weighted by Gasteiger charge is 2.15. The van der Waals surface area contributed by atoms with E-state index >= 15 is 0 Å². The molecule has 0 aliphatic rings. The van der Waals surface area contributed by atoms with Crippen molar-refractivity contribution in [1.82, 2.24) is 9.55 Å². The Morgan fingerprint density at radius 1 is 1.44 bits per heavy atom. The van der Waals surface area contributed by atoms with Crippen molar-refractivity contribution in [1.29, 1.82) is 0 Å². The van der Waals surface area contributed by atoms with E-state index in [1.54, 1.807) is 19.1 Å². The number of hydrogen-bond donors (Lipinski definition) is 1. The van der Waals surface area contributed by atoms with Crippen LogP contribution in [0.5, 0.6) is 0 Å². The average Bonchev–Trinajstić information content (AvgIpc) is 2.59. The molecule has 3 nitrogen and oxygen atoms in total. The van der Waals surface area contributed by atoms with Crippen molar-refractivity contribution in [2.45, 2.75) is 13.3 Å². The maximum absolute atomic E-state index is 13.3. The van der Waals surface area contributed by atoms with Gasteiger partial charge in [0.15, 0.2) is 5.15 Å². The molecule has 2 aromatic rings. The standard InChI is InChI=1S/C13H15ClFN3/c1-8-7-9(3-4-10(8)15)12-13(14)17-11(5-6-16)18(12)2/h3-4,7H,5-6,16H2,1-2H3. The second-order valence-corrected chi connectivity index (χ2v) is 4.59. The number of benzene rings is 1. The summed E-state index contributed by atoms with van der Waals surface area (Å²) >= 11 is 6.15. The Kier molecular flexibility index (Phi) is 3.68. The summed E-state index contributed by atoms with van der Waals surface area (Å²) in [7, 11) is 1.89. The van der Waals surface area contributed by atoms with Crippen LogP contribution in [0.15, 0.2) is 18.2 Å². The van der Waals surface area contributed by atoms with E-state index in [0.717, 1.165) is 17.1 Å². The fourth-order valence-electron chi connectivity index (χ4n) is 1.97. The first-order chi connectivity index (χ1) is 8.54. The van der Waals surface area contributed by atoms with Crippen LogP contribution < -0.4 is 5.73 Å². The van der Waals surface area contributed by atoms with E-state index in [1.165, 1.54) is 6.07 Å². The molecular weight excluding hydrogens is 253 g/mol. The van der Waals surface area contributed by atoms with Gasteiger partial charge in [0.25, 0.3) is 0 Å². The summed E-state index contributed by atoms with van der Waals surface area (Å²) in [5.41, 5.74) is 7.77. The van der Waals surface area contributed by atoms with E-state index in [4.69, 9.17) is 17.3 Å². The Labute approximate surface area is 110 Å². The summed E-state index contributed by atoms with van der Waals surface area (Å²) in [6.07, 6.45) is 0.663. The first-order valence-electron chi connectivity index (χ1n) is 5.72. The molecule has 0 saturated carbocycles. The third-order valence-electron chi connectivity index (χ3n) is 2.94. The molecular formula is C13H15ClFN3. The van der Waals surface area contributed by atoms with Gasteiger partial charge in [-0.2, -0.15) is 0 Å². The topological polar surface area (TPSA) is 43.8 Å². The zero-order valence-corrected chi connectivity index (χ0v) is 11.1. The molecule has 18 heavy (non-hydrogen) atoms. The van der Waals surface area contributed by atoms with Crippen LogP contribution in [0.25, 0.3) is 11.3 Å². The van der Waals surface area contributed by atoms with Gasteiger partial charge in [0, 0.05) is 19.0 Å². The largest absolute Gasteiger partial charge is 0.330 e. The Morgan fingerprint density at radius 3 is 2.78 bits per heavy atom. The van der Waals surface area contributed by atoms with E-state index in [9.17, 15) is 4.39 Å². The van der Waals surface area contributed by atoms with E-state index in [1.807, 2.05) is 11.6 Å². The molecule has 0 aliphatic heterocycles. The molecule has 1 aromatic heterocycles. The van der Waals surface area contributed by atoms with E-state index in [0.29, 0.717) is 23.7 Å². The van der Waals surface area contributed by atoms with Crippen LogP contribution in [0, 0.1) is 12.7 Å². The van der Waals surface area contributed by atoms with Crippen molar-refractivity contribution in [3.63, 3.8) is 0 Å². The minimum absolute atomic E-state index is 0.223. The molecule has 0 atom stereocenters. The fourth-order valence-corrected chi connectivity index (χ4v) is 2.30. The Morgan fingerprint density at radius 2 is 2.17 bits per heavy atom. The van der Waals surface area contributed by atoms with Gasteiger partial charge in [0.2, 0.25) is 0 Å². The van der Waals surface area contributed by atoms with Gasteiger partial charge in [0.05, 0.1) is 5.69 Å². The second-order valence-electron chi connectivity index (χ2n) is 4.23. The van der Waals surface area contributed by atoms with Crippen LogP contribution >= 0.6 is 11.6 Å². The van der Waals surface area contributed by atoms with Crippen molar-refractivity contribution in [2.75, 3.05) is 6.54 Å². The molecule has 0 amide bonds. The number of rotatable bonds is 3. The molecule has 2 rings (SSSR count). The molecule has 0 unspecified atom stereocenters. The molecule has 0 spiro atoms. The second kappa shape index (κ2) is 5.08. The minimum Gasteiger partial charge on any atom is -0.330 e. The van der Waals surface area contributed by atoms with E-state index < -0.39 is 0 Å². The summed E-state index contributed by atoms with van der Waals surface area (Å²) in [6.45, 7) is 2.24. The van der Waals surface area contributed by atoms with Crippen molar-refractivity contribution in [3.8, 4) is 11.3 Å². The highest BCUT2D eigenvalue weighted by atomic mass is 35.5. The Balaban J connectivity index is 2.53. The molecule has 5 heteroatoms. The first kappa shape index (κ1) is 13.1. The molecule has 0 bridgehead atoms. The first-order valence-corrected chi connectivity index (χ1v) is 6.10. The number of aromatic nitrogens is 2.